The Morgan fingerprint density at radius 2 is 1.37 bits per heavy atom. The fourth-order valence-electron chi connectivity index (χ4n) is 3.16. The van der Waals surface area contributed by atoms with Gasteiger partial charge in [-0.15, -0.1) is 0 Å². The second-order valence-corrected chi connectivity index (χ2v) is 7.40. The first kappa shape index (κ1) is 16.2. The molecule has 0 radical (unpaired) electrons. The largest absolute Gasteiger partial charge is 0.251 e. The van der Waals surface area contributed by atoms with Crippen LogP contribution in [0.4, 0.5) is 0 Å². The Morgan fingerprint density at radius 3 is 1.74 bits per heavy atom. The Labute approximate surface area is 117 Å². The van der Waals surface area contributed by atoms with Crippen molar-refractivity contribution in [2.24, 2.45) is 10.8 Å². The lowest BCUT2D eigenvalue weighted by Crippen LogP contribution is -2.55. The Hall–Kier alpha value is -0.860. The van der Waals surface area contributed by atoms with Crippen LogP contribution in [0.1, 0.15) is 53.5 Å². The lowest BCUT2D eigenvalue weighted by atomic mass is 9.60. The fourth-order valence-corrected chi connectivity index (χ4v) is 3.16. The minimum atomic E-state index is -0.574. The van der Waals surface area contributed by atoms with E-state index >= 15 is 0 Å². The highest BCUT2D eigenvalue weighted by molar-refractivity contribution is 5.16. The van der Waals surface area contributed by atoms with Gasteiger partial charge in [0.25, 0.3) is 0 Å². The highest BCUT2D eigenvalue weighted by Crippen LogP contribution is 2.49. The van der Waals surface area contributed by atoms with Gasteiger partial charge in [0, 0.05) is 0 Å². The summed E-state index contributed by atoms with van der Waals surface area (Å²) in [5.41, 5.74) is 0.414. The summed E-state index contributed by atoms with van der Waals surface area (Å²) in [5.74, 6) is 0. The number of rotatable bonds is 4. The molecule has 0 unspecified atom stereocenters. The molecule has 0 bridgehead atoms. The van der Waals surface area contributed by atoms with Crippen LogP contribution in [-0.4, -0.2) is 10.9 Å². The smallest absolute Gasteiger partial charge is 0.113 e. The van der Waals surface area contributed by atoms with Gasteiger partial charge in [0.1, 0.15) is 5.60 Å². The molecule has 19 heavy (non-hydrogen) atoms. The van der Waals surface area contributed by atoms with Gasteiger partial charge < -0.3 is 0 Å². The molecule has 0 saturated heterocycles. The van der Waals surface area contributed by atoms with E-state index in [1.807, 2.05) is 18.2 Å². The maximum atomic E-state index is 9.63. The zero-order valence-corrected chi connectivity index (χ0v) is 13.2. The maximum absolute atomic E-state index is 9.63. The molecule has 2 nitrogen and oxygen atoms in total. The second kappa shape index (κ2) is 5.64. The molecular formula is C17H28O2. The van der Waals surface area contributed by atoms with Gasteiger partial charge >= 0.3 is 0 Å². The molecule has 0 aliphatic carbocycles. The number of aryl methyl sites for hydroxylation is 1. The summed E-state index contributed by atoms with van der Waals surface area (Å²) in [6.45, 7) is 12.7. The molecule has 1 aromatic carbocycles. The minimum Gasteiger partial charge on any atom is -0.251 e. The van der Waals surface area contributed by atoms with Crippen molar-refractivity contribution in [2.45, 2.75) is 60.0 Å². The highest BCUT2D eigenvalue weighted by atomic mass is 17.1. The Balaban J connectivity index is 2.99. The molecule has 0 atom stereocenters. The van der Waals surface area contributed by atoms with Crippen LogP contribution in [0.3, 0.4) is 0 Å². The molecule has 108 valence electrons. The molecule has 1 N–H and O–H groups in total. The lowest BCUT2D eigenvalue weighted by molar-refractivity contribution is -0.378. The summed E-state index contributed by atoms with van der Waals surface area (Å²) in [6, 6.07) is 10.4. The molecule has 0 spiro atoms. The van der Waals surface area contributed by atoms with E-state index in [1.54, 1.807) is 0 Å². The first-order valence-corrected chi connectivity index (χ1v) is 7.00. The van der Waals surface area contributed by atoms with E-state index in [-0.39, 0.29) is 10.8 Å². The Morgan fingerprint density at radius 1 is 0.895 bits per heavy atom. The van der Waals surface area contributed by atoms with E-state index in [9.17, 15) is 5.26 Å². The Kier molecular flexibility index (Phi) is 4.81. The third-order valence-corrected chi connectivity index (χ3v) is 4.19. The number of benzene rings is 1. The van der Waals surface area contributed by atoms with E-state index in [0.29, 0.717) is 0 Å². The van der Waals surface area contributed by atoms with Crippen molar-refractivity contribution in [1.82, 2.24) is 0 Å². The molecule has 1 rings (SSSR count). The van der Waals surface area contributed by atoms with E-state index in [1.165, 1.54) is 5.56 Å². The van der Waals surface area contributed by atoms with Crippen molar-refractivity contribution in [2.75, 3.05) is 0 Å². The normalized spacial score (nSPS) is 13.6. The van der Waals surface area contributed by atoms with Gasteiger partial charge in [-0.05, 0) is 29.2 Å². The van der Waals surface area contributed by atoms with Crippen molar-refractivity contribution in [3.05, 3.63) is 35.9 Å². The summed E-state index contributed by atoms with van der Waals surface area (Å²) >= 11 is 0. The fraction of sp³-hybridized carbons (Fsp3) is 0.647. The Bertz CT molecular complexity index is 368. The second-order valence-electron chi connectivity index (χ2n) is 7.40. The first-order valence-electron chi connectivity index (χ1n) is 7.00. The first-order chi connectivity index (χ1) is 8.64. The van der Waals surface area contributed by atoms with Crippen LogP contribution in [0.2, 0.25) is 0 Å². The summed E-state index contributed by atoms with van der Waals surface area (Å²) < 4.78 is 0. The molecule has 0 amide bonds. The minimum absolute atomic E-state index is 0.144. The van der Waals surface area contributed by atoms with Crippen LogP contribution < -0.4 is 0 Å². The van der Waals surface area contributed by atoms with Crippen molar-refractivity contribution in [3.8, 4) is 0 Å². The quantitative estimate of drug-likeness (QED) is 0.616. The molecule has 0 saturated carbocycles. The van der Waals surface area contributed by atoms with Gasteiger partial charge in [-0.2, -0.15) is 0 Å². The summed E-state index contributed by atoms with van der Waals surface area (Å²) in [6.07, 6.45) is 1.69. The highest BCUT2D eigenvalue weighted by Gasteiger charge is 2.52. The van der Waals surface area contributed by atoms with Crippen LogP contribution >= 0.6 is 0 Å². The van der Waals surface area contributed by atoms with Crippen molar-refractivity contribution < 1.29 is 10.1 Å². The van der Waals surface area contributed by atoms with Crippen molar-refractivity contribution in [3.63, 3.8) is 0 Å². The standard InChI is InChI=1S/C17H28O2/c1-15(2,3)17(19-18,16(4,5)6)13-12-14-10-8-7-9-11-14/h7-11,18H,12-13H2,1-6H3. The van der Waals surface area contributed by atoms with E-state index in [2.05, 4.69) is 53.7 Å². The van der Waals surface area contributed by atoms with Gasteiger partial charge in [0.05, 0.1) is 0 Å². The predicted octanol–water partition coefficient (Wildman–Crippen LogP) is 4.94. The molecule has 0 fully saturated rings. The van der Waals surface area contributed by atoms with Crippen molar-refractivity contribution in [1.29, 1.82) is 0 Å². The molecule has 0 aliphatic rings. The zero-order chi connectivity index (χ0) is 14.7. The van der Waals surface area contributed by atoms with Crippen LogP contribution in [-0.2, 0) is 11.3 Å². The monoisotopic (exact) mass is 264 g/mol. The predicted molar refractivity (Wildman–Crippen MR) is 80.1 cm³/mol. The van der Waals surface area contributed by atoms with E-state index in [4.69, 9.17) is 4.89 Å². The summed E-state index contributed by atoms with van der Waals surface area (Å²) in [4.78, 5) is 5.09. The van der Waals surface area contributed by atoms with Gasteiger partial charge in [-0.3, -0.25) is 5.26 Å². The molecule has 0 heterocycles. The van der Waals surface area contributed by atoms with Gasteiger partial charge in [0.15, 0.2) is 0 Å². The molecular weight excluding hydrogens is 236 g/mol. The third-order valence-electron chi connectivity index (χ3n) is 4.19. The maximum Gasteiger partial charge on any atom is 0.113 e. The summed E-state index contributed by atoms with van der Waals surface area (Å²) in [5, 5.41) is 9.63. The molecule has 0 aromatic heterocycles. The SMILES string of the molecule is CC(C)(C)C(CCc1ccccc1)(OO)C(C)(C)C. The molecule has 2 heteroatoms. The topological polar surface area (TPSA) is 29.5 Å². The average Bonchev–Trinajstić information content (AvgIpc) is 2.28. The number of hydrogen-bond donors (Lipinski definition) is 1. The van der Waals surface area contributed by atoms with Crippen LogP contribution in [0, 0.1) is 10.8 Å². The van der Waals surface area contributed by atoms with Crippen molar-refractivity contribution >= 4 is 0 Å². The van der Waals surface area contributed by atoms with Gasteiger partial charge in [-0.1, -0.05) is 71.9 Å². The molecule has 1 aromatic rings. The number of hydrogen-bond acceptors (Lipinski definition) is 2. The molecule has 0 aliphatic heterocycles. The van der Waals surface area contributed by atoms with Crippen LogP contribution in [0.25, 0.3) is 0 Å². The third kappa shape index (κ3) is 3.37. The van der Waals surface area contributed by atoms with Crippen LogP contribution in [0.5, 0.6) is 0 Å². The zero-order valence-electron chi connectivity index (χ0n) is 13.2. The van der Waals surface area contributed by atoms with Gasteiger partial charge in [0.2, 0.25) is 0 Å². The van der Waals surface area contributed by atoms with Gasteiger partial charge in [-0.25, -0.2) is 4.89 Å². The van der Waals surface area contributed by atoms with Crippen LogP contribution in [0.15, 0.2) is 30.3 Å². The average molecular weight is 264 g/mol. The lowest BCUT2D eigenvalue weighted by Gasteiger charge is -2.50. The summed E-state index contributed by atoms with van der Waals surface area (Å²) in [7, 11) is 0. The van der Waals surface area contributed by atoms with E-state index < -0.39 is 5.60 Å². The van der Waals surface area contributed by atoms with E-state index in [0.717, 1.165) is 12.8 Å².